The van der Waals surface area contributed by atoms with Gasteiger partial charge in [-0.05, 0) is 50.4 Å². The molecule has 1 amide bonds. The second-order valence-corrected chi connectivity index (χ2v) is 6.37. The van der Waals surface area contributed by atoms with Crippen molar-refractivity contribution in [3.63, 3.8) is 0 Å². The Kier molecular flexibility index (Phi) is 7.44. The molecule has 0 radical (unpaired) electrons. The molecule has 0 bridgehead atoms. The van der Waals surface area contributed by atoms with E-state index in [-0.39, 0.29) is 12.1 Å². The molecule has 0 aliphatic carbocycles. The Morgan fingerprint density at radius 2 is 1.90 bits per heavy atom. The zero-order valence-corrected chi connectivity index (χ0v) is 14.1. The van der Waals surface area contributed by atoms with Gasteiger partial charge in [0.25, 0.3) is 0 Å². The van der Waals surface area contributed by atoms with Crippen LogP contribution in [0.15, 0.2) is 24.3 Å². The molecule has 21 heavy (non-hydrogen) atoms. The van der Waals surface area contributed by atoms with Crippen LogP contribution in [0.1, 0.15) is 44.7 Å². The molecule has 1 atom stereocenters. The summed E-state index contributed by atoms with van der Waals surface area (Å²) in [5.41, 5.74) is 2.61. The van der Waals surface area contributed by atoms with Crippen molar-refractivity contribution in [2.45, 2.75) is 52.6 Å². The quantitative estimate of drug-likeness (QED) is 0.746. The zero-order valence-electron chi connectivity index (χ0n) is 14.1. The van der Waals surface area contributed by atoms with Crippen LogP contribution >= 0.6 is 0 Å². The van der Waals surface area contributed by atoms with Gasteiger partial charge in [0.1, 0.15) is 0 Å². The Morgan fingerprint density at radius 1 is 1.24 bits per heavy atom. The van der Waals surface area contributed by atoms with Gasteiger partial charge in [-0.3, -0.25) is 9.69 Å². The molecule has 0 heterocycles. The van der Waals surface area contributed by atoms with Crippen molar-refractivity contribution in [1.82, 2.24) is 10.2 Å². The highest BCUT2D eigenvalue weighted by Gasteiger charge is 2.12. The average Bonchev–Trinajstić information content (AvgIpc) is 2.42. The normalized spacial score (nSPS) is 12.7. The van der Waals surface area contributed by atoms with E-state index < -0.39 is 0 Å². The fraction of sp³-hybridized carbons (Fsp3) is 0.611. The molecule has 118 valence electrons. The number of carbonyl (C=O) groups is 1. The van der Waals surface area contributed by atoms with E-state index >= 15 is 0 Å². The summed E-state index contributed by atoms with van der Waals surface area (Å²) in [5, 5.41) is 3.07. The molecule has 1 rings (SSSR count). The number of nitrogens with zero attached hydrogens (tertiary/aromatic N) is 1. The van der Waals surface area contributed by atoms with Crippen molar-refractivity contribution >= 4 is 5.91 Å². The Labute approximate surface area is 129 Å². The van der Waals surface area contributed by atoms with Gasteiger partial charge >= 0.3 is 0 Å². The summed E-state index contributed by atoms with van der Waals surface area (Å²) in [7, 11) is 3.98. The first-order chi connectivity index (χ1) is 9.92. The van der Waals surface area contributed by atoms with Gasteiger partial charge in [-0.2, -0.15) is 0 Å². The number of rotatable bonds is 8. The average molecular weight is 290 g/mol. The Morgan fingerprint density at radius 3 is 2.48 bits per heavy atom. The number of aryl methyl sites for hydroxylation is 1. The first-order valence-corrected chi connectivity index (χ1v) is 7.96. The zero-order chi connectivity index (χ0) is 15.8. The second-order valence-electron chi connectivity index (χ2n) is 6.37. The third kappa shape index (κ3) is 6.76. The lowest BCUT2D eigenvalue weighted by Gasteiger charge is -2.24. The topological polar surface area (TPSA) is 32.3 Å². The van der Waals surface area contributed by atoms with E-state index in [0.29, 0.717) is 12.3 Å². The van der Waals surface area contributed by atoms with E-state index in [1.807, 2.05) is 19.0 Å². The monoisotopic (exact) mass is 290 g/mol. The highest BCUT2D eigenvalue weighted by molar-refractivity contribution is 5.76. The molecule has 0 spiro atoms. The van der Waals surface area contributed by atoms with E-state index in [9.17, 15) is 4.79 Å². The standard InChI is InChI=1S/C18H30N2O/c1-6-17(20(4)5)19-18(21)11-10-15-8-7-9-16(13-15)12-14(2)3/h7-9,13-14,17H,6,10-12H2,1-5H3,(H,19,21)/t17-/m1/s1. The van der Waals surface area contributed by atoms with Crippen LogP contribution in [-0.2, 0) is 17.6 Å². The number of benzene rings is 1. The molecule has 3 nitrogen and oxygen atoms in total. The maximum Gasteiger partial charge on any atom is 0.221 e. The molecule has 0 saturated heterocycles. The molecule has 3 heteroatoms. The van der Waals surface area contributed by atoms with Gasteiger partial charge in [-0.25, -0.2) is 0 Å². The smallest absolute Gasteiger partial charge is 0.221 e. The summed E-state index contributed by atoms with van der Waals surface area (Å²) in [4.78, 5) is 14.1. The number of amides is 1. The lowest BCUT2D eigenvalue weighted by molar-refractivity contribution is -0.122. The summed E-state index contributed by atoms with van der Waals surface area (Å²) >= 11 is 0. The predicted octanol–water partition coefficient (Wildman–Crippen LogP) is 3.23. The Balaban J connectivity index is 2.49. The van der Waals surface area contributed by atoms with Crippen LogP contribution in [0.25, 0.3) is 0 Å². The summed E-state index contributed by atoms with van der Waals surface area (Å²) in [6.07, 6.45) is 3.50. The van der Waals surface area contributed by atoms with E-state index in [1.54, 1.807) is 0 Å². The molecule has 0 unspecified atom stereocenters. The lowest BCUT2D eigenvalue weighted by Crippen LogP contribution is -2.44. The van der Waals surface area contributed by atoms with Gasteiger partial charge in [0, 0.05) is 6.42 Å². The minimum atomic E-state index is 0.129. The predicted molar refractivity (Wildman–Crippen MR) is 89.2 cm³/mol. The minimum absolute atomic E-state index is 0.129. The van der Waals surface area contributed by atoms with Gasteiger partial charge in [0.05, 0.1) is 6.17 Å². The van der Waals surface area contributed by atoms with Crippen LogP contribution in [0.4, 0.5) is 0 Å². The van der Waals surface area contributed by atoms with Crippen molar-refractivity contribution in [1.29, 1.82) is 0 Å². The molecule has 1 aromatic carbocycles. The van der Waals surface area contributed by atoms with E-state index in [4.69, 9.17) is 0 Å². The van der Waals surface area contributed by atoms with Gasteiger partial charge in [-0.15, -0.1) is 0 Å². The molecule has 0 aromatic heterocycles. The third-order valence-corrected chi connectivity index (χ3v) is 3.61. The molecule has 0 saturated carbocycles. The van der Waals surface area contributed by atoms with Crippen LogP contribution < -0.4 is 5.32 Å². The summed E-state index contributed by atoms with van der Waals surface area (Å²) in [6.45, 7) is 6.54. The van der Waals surface area contributed by atoms with Crippen LogP contribution in [0.3, 0.4) is 0 Å². The van der Waals surface area contributed by atoms with Crippen molar-refractivity contribution in [3.8, 4) is 0 Å². The van der Waals surface area contributed by atoms with Crippen LogP contribution in [0.2, 0.25) is 0 Å². The molecular weight excluding hydrogens is 260 g/mol. The van der Waals surface area contributed by atoms with Gasteiger partial charge < -0.3 is 5.32 Å². The third-order valence-electron chi connectivity index (χ3n) is 3.61. The van der Waals surface area contributed by atoms with E-state index in [1.165, 1.54) is 11.1 Å². The molecule has 1 N–H and O–H groups in total. The second kappa shape index (κ2) is 8.83. The SMILES string of the molecule is CC[C@H](NC(=O)CCc1cccc(CC(C)C)c1)N(C)C. The number of carbonyl (C=O) groups excluding carboxylic acids is 1. The van der Waals surface area contributed by atoms with Gasteiger partial charge in [-0.1, -0.05) is 45.0 Å². The number of hydrogen-bond donors (Lipinski definition) is 1. The van der Waals surface area contributed by atoms with E-state index in [2.05, 4.69) is 50.4 Å². The molecule has 0 aliphatic heterocycles. The van der Waals surface area contributed by atoms with Crippen molar-refractivity contribution in [2.75, 3.05) is 14.1 Å². The van der Waals surface area contributed by atoms with Gasteiger partial charge in [0.15, 0.2) is 0 Å². The number of nitrogens with one attached hydrogen (secondary N) is 1. The minimum Gasteiger partial charge on any atom is -0.341 e. The largest absolute Gasteiger partial charge is 0.341 e. The molecule has 1 aromatic rings. The fourth-order valence-corrected chi connectivity index (χ4v) is 2.50. The maximum absolute atomic E-state index is 12.0. The van der Waals surface area contributed by atoms with Crippen molar-refractivity contribution in [2.24, 2.45) is 5.92 Å². The summed E-state index contributed by atoms with van der Waals surface area (Å²) < 4.78 is 0. The first kappa shape index (κ1) is 17.7. The fourth-order valence-electron chi connectivity index (χ4n) is 2.50. The summed E-state index contributed by atoms with van der Waals surface area (Å²) in [6, 6.07) is 8.61. The summed E-state index contributed by atoms with van der Waals surface area (Å²) in [5.74, 6) is 0.791. The maximum atomic E-state index is 12.0. The highest BCUT2D eigenvalue weighted by atomic mass is 16.1. The molecule has 0 fully saturated rings. The molecular formula is C18H30N2O. The first-order valence-electron chi connectivity index (χ1n) is 7.96. The van der Waals surface area contributed by atoms with Gasteiger partial charge in [0.2, 0.25) is 5.91 Å². The van der Waals surface area contributed by atoms with Crippen LogP contribution in [-0.4, -0.2) is 31.1 Å². The van der Waals surface area contributed by atoms with Crippen LogP contribution in [0.5, 0.6) is 0 Å². The van der Waals surface area contributed by atoms with E-state index in [0.717, 1.165) is 19.3 Å². The number of hydrogen-bond acceptors (Lipinski definition) is 2. The van der Waals surface area contributed by atoms with Crippen molar-refractivity contribution in [3.05, 3.63) is 35.4 Å². The van der Waals surface area contributed by atoms with Crippen LogP contribution in [0, 0.1) is 5.92 Å². The lowest BCUT2D eigenvalue weighted by atomic mass is 9.99. The van der Waals surface area contributed by atoms with Crippen molar-refractivity contribution < 1.29 is 4.79 Å². The Bertz CT molecular complexity index is 441. The highest BCUT2D eigenvalue weighted by Crippen LogP contribution is 2.12. The Hall–Kier alpha value is -1.35. The molecule has 0 aliphatic rings.